The summed E-state index contributed by atoms with van der Waals surface area (Å²) in [5.74, 6) is -0.891. The maximum atomic E-state index is 12.9. The van der Waals surface area contributed by atoms with Crippen LogP contribution in [0.3, 0.4) is 0 Å². The first-order chi connectivity index (χ1) is 39.5. The van der Waals surface area contributed by atoms with Gasteiger partial charge in [0, 0.05) is 19.3 Å². The zero-order valence-electron chi connectivity index (χ0n) is 52.6. The van der Waals surface area contributed by atoms with Crippen LogP contribution < -0.4 is 0 Å². The number of ether oxygens (including phenoxy) is 3. The Balaban J connectivity index is 4.33. The summed E-state index contributed by atoms with van der Waals surface area (Å²) < 4.78 is 17.0. The Hall–Kier alpha value is -3.93. The number of hydrogen-bond acceptors (Lipinski definition) is 6. The first kappa shape index (κ1) is 76.1. The molecular weight excluding hydrogens is 985 g/mol. The van der Waals surface area contributed by atoms with E-state index in [9.17, 15) is 14.4 Å². The summed E-state index contributed by atoms with van der Waals surface area (Å²) in [6, 6.07) is 0. The molecule has 0 heterocycles. The van der Waals surface area contributed by atoms with E-state index in [4.69, 9.17) is 14.2 Å². The molecule has 0 N–H and O–H groups in total. The minimum Gasteiger partial charge on any atom is -0.462 e. The number of allylic oxidation sites excluding steroid dienone is 18. The second-order valence-corrected chi connectivity index (χ2v) is 22.3. The summed E-state index contributed by atoms with van der Waals surface area (Å²) >= 11 is 0. The van der Waals surface area contributed by atoms with Crippen molar-refractivity contribution >= 4 is 17.9 Å². The number of esters is 3. The maximum absolute atomic E-state index is 12.9. The minimum atomic E-state index is -0.789. The van der Waals surface area contributed by atoms with Crippen LogP contribution in [0.2, 0.25) is 0 Å². The molecule has 0 aliphatic rings. The van der Waals surface area contributed by atoms with Crippen molar-refractivity contribution in [2.24, 2.45) is 0 Å². The van der Waals surface area contributed by atoms with Gasteiger partial charge in [-0.05, 0) is 122 Å². The van der Waals surface area contributed by atoms with Gasteiger partial charge < -0.3 is 14.2 Å². The van der Waals surface area contributed by atoms with Gasteiger partial charge in [0.1, 0.15) is 13.2 Å². The molecule has 1 unspecified atom stereocenters. The molecular formula is C74H126O6. The molecule has 80 heavy (non-hydrogen) atoms. The molecule has 0 radical (unpaired) electrons. The molecule has 0 saturated heterocycles. The number of carbonyl (C=O) groups is 3. The van der Waals surface area contributed by atoms with Crippen molar-refractivity contribution in [1.29, 1.82) is 0 Å². The van der Waals surface area contributed by atoms with Crippen molar-refractivity contribution in [3.63, 3.8) is 0 Å². The van der Waals surface area contributed by atoms with E-state index in [1.54, 1.807) is 0 Å². The third kappa shape index (κ3) is 64.9. The molecule has 0 saturated carbocycles. The van der Waals surface area contributed by atoms with Crippen molar-refractivity contribution in [2.45, 2.75) is 329 Å². The van der Waals surface area contributed by atoms with Crippen molar-refractivity contribution in [2.75, 3.05) is 13.2 Å². The van der Waals surface area contributed by atoms with Crippen LogP contribution in [0.5, 0.6) is 0 Å². The Kier molecular flexibility index (Phi) is 64.3. The third-order valence-electron chi connectivity index (χ3n) is 14.5. The van der Waals surface area contributed by atoms with Gasteiger partial charge >= 0.3 is 17.9 Å². The number of carbonyl (C=O) groups excluding carboxylic acids is 3. The maximum Gasteiger partial charge on any atom is 0.306 e. The molecule has 0 aliphatic heterocycles. The Morgan fingerprint density at radius 2 is 0.487 bits per heavy atom. The fourth-order valence-electron chi connectivity index (χ4n) is 9.48. The van der Waals surface area contributed by atoms with Crippen molar-refractivity contribution < 1.29 is 28.6 Å². The molecule has 0 aromatic rings. The molecule has 1 atom stereocenters. The van der Waals surface area contributed by atoms with Crippen LogP contribution in [-0.2, 0) is 28.6 Å². The van der Waals surface area contributed by atoms with Gasteiger partial charge in [-0.2, -0.15) is 0 Å². The smallest absolute Gasteiger partial charge is 0.306 e. The van der Waals surface area contributed by atoms with Crippen LogP contribution in [0.25, 0.3) is 0 Å². The fraction of sp³-hybridized carbons (Fsp3) is 0.716. The molecule has 0 amide bonds. The summed E-state index contributed by atoms with van der Waals surface area (Å²) in [5.41, 5.74) is 0. The highest BCUT2D eigenvalue weighted by Gasteiger charge is 2.19. The van der Waals surface area contributed by atoms with E-state index in [1.165, 1.54) is 161 Å². The average Bonchev–Trinajstić information content (AvgIpc) is 3.46. The molecule has 0 aliphatic carbocycles. The minimum absolute atomic E-state index is 0.0840. The van der Waals surface area contributed by atoms with E-state index < -0.39 is 6.10 Å². The normalized spacial score (nSPS) is 12.8. The van der Waals surface area contributed by atoms with Crippen molar-refractivity contribution in [3.05, 3.63) is 109 Å². The van der Waals surface area contributed by atoms with Gasteiger partial charge in [-0.1, -0.05) is 291 Å². The highest BCUT2D eigenvalue weighted by Crippen LogP contribution is 2.17. The molecule has 0 fully saturated rings. The SMILES string of the molecule is CC/C=C\C/C=C\C/C=C\C/C=C\CCCCCCCCCCCCCCCCC(=O)OCC(COC(=O)CCCCCCCCC/C=C\C/C=C\C/C=C\CC)OC(=O)CCCCCCCCC/C=C\C/C=C\CCCCCC. The van der Waals surface area contributed by atoms with Gasteiger partial charge in [0.25, 0.3) is 0 Å². The number of rotatable bonds is 61. The largest absolute Gasteiger partial charge is 0.462 e. The lowest BCUT2D eigenvalue weighted by atomic mass is 10.0. The molecule has 6 nitrogen and oxygen atoms in total. The van der Waals surface area contributed by atoms with E-state index in [-0.39, 0.29) is 31.1 Å². The molecule has 0 spiro atoms. The summed E-state index contributed by atoms with van der Waals surface area (Å²) in [6.07, 6.45) is 92.4. The van der Waals surface area contributed by atoms with Crippen molar-refractivity contribution in [1.82, 2.24) is 0 Å². The van der Waals surface area contributed by atoms with Crippen LogP contribution in [0.1, 0.15) is 323 Å². The monoisotopic (exact) mass is 1110 g/mol. The fourth-order valence-corrected chi connectivity index (χ4v) is 9.48. The molecule has 0 aromatic heterocycles. The lowest BCUT2D eigenvalue weighted by Gasteiger charge is -2.18. The van der Waals surface area contributed by atoms with Gasteiger partial charge in [-0.25, -0.2) is 0 Å². The van der Waals surface area contributed by atoms with Crippen LogP contribution >= 0.6 is 0 Å². The van der Waals surface area contributed by atoms with Crippen LogP contribution in [0.4, 0.5) is 0 Å². The second kappa shape index (κ2) is 67.6. The van der Waals surface area contributed by atoms with Crippen molar-refractivity contribution in [3.8, 4) is 0 Å². The van der Waals surface area contributed by atoms with Crippen LogP contribution in [-0.4, -0.2) is 37.2 Å². The van der Waals surface area contributed by atoms with Gasteiger partial charge in [-0.15, -0.1) is 0 Å². The Morgan fingerprint density at radius 3 is 0.762 bits per heavy atom. The first-order valence-electron chi connectivity index (χ1n) is 33.9. The van der Waals surface area contributed by atoms with E-state index in [0.717, 1.165) is 122 Å². The standard InChI is InChI=1S/C74H126O6/c1-4-7-10-13-16-19-22-25-28-31-33-34-35-36-37-38-39-40-41-44-46-49-52-55-58-61-64-67-73(76)79-70-71(69-78-72(75)66-63-60-57-54-51-48-45-42-30-27-24-21-18-15-12-9-6-3)80-74(77)68-65-62-59-56-53-50-47-43-32-29-26-23-20-17-14-11-8-5-2/h7,9-10,12,16,18-21,23,25,27-30,32-34,71H,4-6,8,11,13-15,17,22,24,26,31,35-70H2,1-3H3/b10-7-,12-9-,19-16-,21-18-,23-20-,28-25-,30-27-,32-29-,34-33-. The average molecular weight is 1110 g/mol. The summed E-state index contributed by atoms with van der Waals surface area (Å²) in [6.45, 7) is 6.42. The topological polar surface area (TPSA) is 78.9 Å². The summed E-state index contributed by atoms with van der Waals surface area (Å²) in [4.78, 5) is 38.4. The van der Waals surface area contributed by atoms with E-state index in [0.29, 0.717) is 19.3 Å². The summed E-state index contributed by atoms with van der Waals surface area (Å²) in [5, 5.41) is 0. The highest BCUT2D eigenvalue weighted by atomic mass is 16.6. The Morgan fingerprint density at radius 1 is 0.263 bits per heavy atom. The van der Waals surface area contributed by atoms with E-state index >= 15 is 0 Å². The van der Waals surface area contributed by atoms with Gasteiger partial charge in [0.2, 0.25) is 0 Å². The van der Waals surface area contributed by atoms with Gasteiger partial charge in [0.05, 0.1) is 0 Å². The summed E-state index contributed by atoms with van der Waals surface area (Å²) in [7, 11) is 0. The molecule has 0 aromatic carbocycles. The molecule has 458 valence electrons. The number of hydrogen-bond donors (Lipinski definition) is 0. The number of unbranched alkanes of at least 4 members (excludes halogenated alkanes) is 32. The zero-order valence-corrected chi connectivity index (χ0v) is 52.6. The molecule has 6 heteroatoms. The quantitative estimate of drug-likeness (QED) is 0.0261. The predicted molar refractivity (Wildman–Crippen MR) is 348 cm³/mol. The predicted octanol–water partition coefficient (Wildman–Crippen LogP) is 23.4. The highest BCUT2D eigenvalue weighted by molar-refractivity contribution is 5.71. The van der Waals surface area contributed by atoms with Crippen LogP contribution in [0.15, 0.2) is 109 Å². The van der Waals surface area contributed by atoms with E-state index in [1.807, 2.05) is 0 Å². The van der Waals surface area contributed by atoms with Gasteiger partial charge in [-0.3, -0.25) is 14.4 Å². The Labute approximate surface area is 495 Å². The molecule has 0 bridgehead atoms. The lowest BCUT2D eigenvalue weighted by Crippen LogP contribution is -2.30. The van der Waals surface area contributed by atoms with E-state index in [2.05, 4.69) is 130 Å². The first-order valence-corrected chi connectivity index (χ1v) is 33.9. The van der Waals surface area contributed by atoms with Gasteiger partial charge in [0.15, 0.2) is 6.10 Å². The Bertz CT molecular complexity index is 1610. The van der Waals surface area contributed by atoms with Crippen LogP contribution in [0, 0.1) is 0 Å². The second-order valence-electron chi connectivity index (χ2n) is 22.3. The lowest BCUT2D eigenvalue weighted by molar-refractivity contribution is -0.167. The zero-order chi connectivity index (χ0) is 57.8. The third-order valence-corrected chi connectivity index (χ3v) is 14.5. The molecule has 0 rings (SSSR count).